The summed E-state index contributed by atoms with van der Waals surface area (Å²) in [6, 6.07) is 7.87. The van der Waals surface area contributed by atoms with Gasteiger partial charge in [-0.3, -0.25) is 4.79 Å². The Balaban J connectivity index is 2.03. The molecule has 24 heavy (non-hydrogen) atoms. The summed E-state index contributed by atoms with van der Waals surface area (Å²) in [5.41, 5.74) is 3.46. The van der Waals surface area contributed by atoms with E-state index in [9.17, 15) is 9.90 Å². The molecule has 2 rings (SSSR count). The zero-order chi connectivity index (χ0) is 17.7. The van der Waals surface area contributed by atoms with Crippen LogP contribution in [0.1, 0.15) is 44.4 Å². The van der Waals surface area contributed by atoms with Gasteiger partial charge in [-0.05, 0) is 43.7 Å². The molecule has 0 aromatic heterocycles. The second kappa shape index (κ2) is 8.51. The van der Waals surface area contributed by atoms with Crippen LogP contribution in [0, 0.1) is 0 Å². The van der Waals surface area contributed by atoms with E-state index in [-0.39, 0.29) is 18.0 Å². The van der Waals surface area contributed by atoms with Crippen LogP contribution in [-0.4, -0.2) is 29.7 Å². The highest BCUT2D eigenvalue weighted by Gasteiger charge is 2.28. The third-order valence-electron chi connectivity index (χ3n) is 4.11. The first-order chi connectivity index (χ1) is 11.4. The van der Waals surface area contributed by atoms with Crippen molar-refractivity contribution < 1.29 is 9.90 Å². The van der Waals surface area contributed by atoms with Gasteiger partial charge in [0.1, 0.15) is 0 Å². The molecule has 1 aliphatic rings. The summed E-state index contributed by atoms with van der Waals surface area (Å²) in [5.74, 6) is -0.0599. The molecule has 3 atom stereocenters. The van der Waals surface area contributed by atoms with Gasteiger partial charge >= 0.3 is 0 Å². The van der Waals surface area contributed by atoms with E-state index < -0.39 is 6.10 Å². The van der Waals surface area contributed by atoms with E-state index in [1.807, 2.05) is 24.5 Å². The Morgan fingerprint density at radius 2 is 2.08 bits per heavy atom. The van der Waals surface area contributed by atoms with Gasteiger partial charge in [0.05, 0.1) is 18.2 Å². The molecule has 4 nitrogen and oxygen atoms in total. The number of allylic oxidation sites excluding steroid dienone is 1. The van der Waals surface area contributed by atoms with Gasteiger partial charge in [-0.25, -0.2) is 0 Å². The number of thioether (sulfide) groups is 1. The Labute approximate surface area is 148 Å². The average Bonchev–Trinajstić information content (AvgIpc) is 2.99. The number of amides is 1. The molecule has 1 saturated heterocycles. The Hall–Kier alpha value is -1.56. The highest BCUT2D eigenvalue weighted by Crippen LogP contribution is 2.31. The maximum absolute atomic E-state index is 12.2. The fourth-order valence-electron chi connectivity index (χ4n) is 2.80. The Morgan fingerprint density at radius 1 is 1.42 bits per heavy atom. The van der Waals surface area contributed by atoms with Gasteiger partial charge in [-0.15, -0.1) is 0 Å². The molecule has 5 heteroatoms. The number of carbonyl (C=O) groups is 1. The summed E-state index contributed by atoms with van der Waals surface area (Å²) in [7, 11) is 0. The molecule has 0 spiro atoms. The van der Waals surface area contributed by atoms with Gasteiger partial charge < -0.3 is 15.7 Å². The van der Waals surface area contributed by atoms with Crippen molar-refractivity contribution in [1.29, 1.82) is 0 Å². The molecule has 1 heterocycles. The number of nitrogens with one attached hydrogen (secondary N) is 2. The summed E-state index contributed by atoms with van der Waals surface area (Å²) in [4.78, 5) is 13.4. The normalized spacial score (nSPS) is 21.2. The largest absolute Gasteiger partial charge is 0.392 e. The average molecular weight is 346 g/mol. The van der Waals surface area contributed by atoms with Crippen molar-refractivity contribution in [2.75, 3.05) is 6.54 Å². The Morgan fingerprint density at radius 3 is 2.58 bits per heavy atom. The van der Waals surface area contributed by atoms with Gasteiger partial charge in [0.2, 0.25) is 5.91 Å². The number of aliphatic hydroxyl groups is 1. The SMILES string of the molecule is C=CSC(=C(C)C)c1ccc([C@H](C)NC(=O)[C@@H]2C[C@@H](O)CN2)cc1. The second-order valence-corrected chi connectivity index (χ2v) is 7.29. The van der Waals surface area contributed by atoms with E-state index in [0.29, 0.717) is 13.0 Å². The quantitative estimate of drug-likeness (QED) is 0.740. The fourth-order valence-corrected chi connectivity index (χ4v) is 3.47. The molecular weight excluding hydrogens is 320 g/mol. The van der Waals surface area contributed by atoms with E-state index >= 15 is 0 Å². The first kappa shape index (κ1) is 18.8. The van der Waals surface area contributed by atoms with Crippen LogP contribution in [0.2, 0.25) is 0 Å². The number of benzene rings is 1. The second-order valence-electron chi connectivity index (χ2n) is 6.32. The van der Waals surface area contributed by atoms with Crippen molar-refractivity contribution in [3.05, 3.63) is 53.0 Å². The third-order valence-corrected chi connectivity index (χ3v) is 5.16. The molecule has 0 saturated carbocycles. The zero-order valence-corrected chi connectivity index (χ0v) is 15.3. The topological polar surface area (TPSA) is 61.4 Å². The first-order valence-electron chi connectivity index (χ1n) is 8.19. The molecule has 1 fully saturated rings. The predicted molar refractivity (Wildman–Crippen MR) is 101 cm³/mol. The smallest absolute Gasteiger partial charge is 0.237 e. The van der Waals surface area contributed by atoms with Gasteiger partial charge in [0.15, 0.2) is 0 Å². The molecular formula is C19H26N2O2S. The molecule has 1 amide bonds. The number of hydrogen-bond donors (Lipinski definition) is 3. The minimum Gasteiger partial charge on any atom is -0.392 e. The lowest BCUT2D eigenvalue weighted by atomic mass is 10.0. The fraction of sp³-hybridized carbons (Fsp3) is 0.421. The number of aliphatic hydroxyl groups excluding tert-OH is 1. The van der Waals surface area contributed by atoms with Crippen molar-refractivity contribution >= 4 is 22.6 Å². The van der Waals surface area contributed by atoms with Crippen LogP contribution in [0.4, 0.5) is 0 Å². The highest BCUT2D eigenvalue weighted by atomic mass is 32.2. The third kappa shape index (κ3) is 4.72. The summed E-state index contributed by atoms with van der Waals surface area (Å²) < 4.78 is 0. The van der Waals surface area contributed by atoms with Crippen LogP contribution in [0.25, 0.3) is 4.91 Å². The van der Waals surface area contributed by atoms with Crippen LogP contribution in [-0.2, 0) is 4.79 Å². The van der Waals surface area contributed by atoms with Crippen molar-refractivity contribution in [3.8, 4) is 0 Å². The van der Waals surface area contributed by atoms with Crippen molar-refractivity contribution in [2.24, 2.45) is 0 Å². The monoisotopic (exact) mass is 346 g/mol. The standard InChI is InChI=1S/C19H26N2O2S/c1-5-24-18(12(2)3)15-8-6-14(7-9-15)13(4)21-19(23)17-10-16(22)11-20-17/h5-9,13,16-17,20,22H,1,10-11H2,2-4H3,(H,21,23)/t13-,16+,17-/m0/s1. The minimum atomic E-state index is -0.430. The molecule has 1 aliphatic heterocycles. The molecule has 0 aliphatic carbocycles. The molecule has 130 valence electrons. The van der Waals surface area contributed by atoms with Crippen LogP contribution in [0.15, 0.2) is 41.8 Å². The molecule has 0 unspecified atom stereocenters. The molecule has 0 bridgehead atoms. The summed E-state index contributed by atoms with van der Waals surface area (Å²) in [6.45, 7) is 10.4. The molecule has 0 radical (unpaired) electrons. The van der Waals surface area contributed by atoms with Crippen LogP contribution in [0.3, 0.4) is 0 Å². The first-order valence-corrected chi connectivity index (χ1v) is 9.07. The minimum absolute atomic E-state index is 0.0599. The van der Waals surface area contributed by atoms with Crippen LogP contribution < -0.4 is 10.6 Å². The Kier molecular flexibility index (Phi) is 6.66. The van der Waals surface area contributed by atoms with Gasteiger partial charge in [-0.2, -0.15) is 0 Å². The van der Waals surface area contributed by atoms with E-state index in [4.69, 9.17) is 0 Å². The number of β-amino-alcohol motifs (C(OH)–C–C–N with tert-alkyl or cyclic N) is 1. The van der Waals surface area contributed by atoms with Gasteiger partial charge in [0, 0.05) is 11.4 Å². The summed E-state index contributed by atoms with van der Waals surface area (Å²) >= 11 is 1.62. The maximum Gasteiger partial charge on any atom is 0.237 e. The van der Waals surface area contributed by atoms with Crippen molar-refractivity contribution in [1.82, 2.24) is 10.6 Å². The van der Waals surface area contributed by atoms with Crippen LogP contribution >= 0.6 is 11.8 Å². The van der Waals surface area contributed by atoms with Gasteiger partial charge in [-0.1, -0.05) is 48.2 Å². The van der Waals surface area contributed by atoms with E-state index in [1.54, 1.807) is 11.8 Å². The Bertz CT molecular complexity index is 621. The van der Waals surface area contributed by atoms with E-state index in [0.717, 1.165) is 11.1 Å². The van der Waals surface area contributed by atoms with Crippen LogP contribution in [0.5, 0.6) is 0 Å². The molecule has 1 aromatic rings. The predicted octanol–water partition coefficient (Wildman–Crippen LogP) is 3.21. The number of rotatable bonds is 6. The lowest BCUT2D eigenvalue weighted by Crippen LogP contribution is -2.41. The van der Waals surface area contributed by atoms with E-state index in [1.165, 1.54) is 10.5 Å². The zero-order valence-electron chi connectivity index (χ0n) is 14.5. The van der Waals surface area contributed by atoms with Crippen molar-refractivity contribution in [3.63, 3.8) is 0 Å². The lowest BCUT2D eigenvalue weighted by molar-refractivity contribution is -0.123. The lowest BCUT2D eigenvalue weighted by Gasteiger charge is -2.18. The number of hydrogen-bond acceptors (Lipinski definition) is 4. The molecule has 3 N–H and O–H groups in total. The van der Waals surface area contributed by atoms with E-state index in [2.05, 4.69) is 43.2 Å². The molecule has 1 aromatic carbocycles. The maximum atomic E-state index is 12.2. The summed E-state index contributed by atoms with van der Waals surface area (Å²) in [5, 5.41) is 17.4. The van der Waals surface area contributed by atoms with Gasteiger partial charge in [0.25, 0.3) is 0 Å². The van der Waals surface area contributed by atoms with Crippen molar-refractivity contribution in [2.45, 2.75) is 45.4 Å². The number of carbonyl (C=O) groups excluding carboxylic acids is 1. The summed E-state index contributed by atoms with van der Waals surface area (Å²) in [6.07, 6.45) is 0.0420. The highest BCUT2D eigenvalue weighted by molar-refractivity contribution is 8.10.